The number of pyridine rings is 2. The number of fused-ring (bicyclic) bond motifs is 12. The van der Waals surface area contributed by atoms with E-state index in [1.165, 1.54) is 87.2 Å². The Morgan fingerprint density at radius 1 is 0.173 bits per heavy atom. The second kappa shape index (κ2) is 26.7. The number of para-hydroxylation sites is 5. The zero-order valence-corrected chi connectivity index (χ0v) is 59.8. The average Bonchev–Trinajstić information content (AvgIpc) is 0.998. The monoisotopic (exact) mass is 1400 g/mol. The van der Waals surface area contributed by atoms with Crippen LogP contribution in [0.1, 0.15) is 0 Å². The first-order chi connectivity index (χ1) is 54.5. The van der Waals surface area contributed by atoms with E-state index in [2.05, 4.69) is 391 Å². The van der Waals surface area contributed by atoms with Gasteiger partial charge in [-0.2, -0.15) is 0 Å². The molecule has 0 aliphatic rings. The molecule has 6 heteroatoms. The molecule has 0 atom stereocenters. The van der Waals surface area contributed by atoms with E-state index in [1.54, 1.807) is 0 Å². The fourth-order valence-corrected chi connectivity index (χ4v) is 16.5. The highest BCUT2D eigenvalue weighted by Crippen LogP contribution is 2.45. The summed E-state index contributed by atoms with van der Waals surface area (Å²) in [6, 6.07) is 143. The van der Waals surface area contributed by atoms with Gasteiger partial charge in [-0.15, -0.1) is 0 Å². The van der Waals surface area contributed by atoms with Crippen molar-refractivity contribution in [2.24, 2.45) is 0 Å². The second-order valence-electron chi connectivity index (χ2n) is 28.4. The summed E-state index contributed by atoms with van der Waals surface area (Å²) in [4.78, 5) is 21.1. The normalized spacial score (nSPS) is 11.6. The van der Waals surface area contributed by atoms with Gasteiger partial charge in [-0.3, -0.25) is 9.13 Å². The maximum absolute atomic E-state index is 5.47. The van der Waals surface area contributed by atoms with E-state index in [0.29, 0.717) is 0 Å². The van der Waals surface area contributed by atoms with Crippen molar-refractivity contribution in [2.75, 3.05) is 0 Å². The van der Waals surface area contributed by atoms with Crippen molar-refractivity contribution in [1.82, 2.24) is 29.1 Å². The van der Waals surface area contributed by atoms with E-state index in [9.17, 15) is 0 Å². The Bertz CT molecular complexity index is 7380. The molecule has 0 spiro atoms. The lowest BCUT2D eigenvalue weighted by Gasteiger charge is -2.17. The third-order valence-corrected chi connectivity index (χ3v) is 21.9. The molecular formula is C104H66N6. The molecule has 0 amide bonds. The average molecular weight is 1400 g/mol. The summed E-state index contributed by atoms with van der Waals surface area (Å²) >= 11 is 0. The van der Waals surface area contributed by atoms with E-state index < -0.39 is 0 Å². The van der Waals surface area contributed by atoms with Crippen LogP contribution in [0, 0.1) is 0 Å². The predicted molar refractivity (Wildman–Crippen MR) is 461 cm³/mol. The Hall–Kier alpha value is -14.7. The van der Waals surface area contributed by atoms with Gasteiger partial charge in [0.25, 0.3) is 0 Å². The number of hydrogen-bond donors (Lipinski definition) is 0. The number of nitrogens with zero attached hydrogens (tertiary/aromatic N) is 6. The molecule has 22 aromatic rings. The molecule has 0 aliphatic heterocycles. The Kier molecular flexibility index (Phi) is 15.5. The van der Waals surface area contributed by atoms with Crippen LogP contribution in [-0.4, -0.2) is 29.1 Å². The minimum atomic E-state index is 0.923. The van der Waals surface area contributed by atoms with Crippen molar-refractivity contribution in [2.45, 2.75) is 0 Å². The number of hydrogen-bond acceptors (Lipinski definition) is 4. The van der Waals surface area contributed by atoms with Crippen LogP contribution in [-0.2, 0) is 0 Å². The van der Waals surface area contributed by atoms with Gasteiger partial charge in [-0.05, 0) is 195 Å². The van der Waals surface area contributed by atoms with Crippen LogP contribution >= 0.6 is 0 Å². The molecule has 0 fully saturated rings. The zero-order valence-electron chi connectivity index (χ0n) is 59.8. The Morgan fingerprint density at radius 3 is 0.909 bits per heavy atom. The second-order valence-corrected chi connectivity index (χ2v) is 28.4. The molecule has 0 N–H and O–H groups in total. The molecule has 4 aromatic heterocycles. The molecule has 0 aliphatic carbocycles. The maximum Gasteiger partial charge on any atom is 0.145 e. The van der Waals surface area contributed by atoms with Gasteiger partial charge < -0.3 is 0 Å². The van der Waals surface area contributed by atoms with Crippen molar-refractivity contribution < 1.29 is 0 Å². The lowest BCUT2D eigenvalue weighted by molar-refractivity contribution is 1.10. The number of benzene rings is 18. The van der Waals surface area contributed by atoms with Gasteiger partial charge in [0.05, 0.1) is 44.5 Å². The first-order valence-corrected chi connectivity index (χ1v) is 37.5. The Labute approximate surface area is 635 Å². The molecule has 18 aromatic carbocycles. The number of aromatic nitrogens is 6. The van der Waals surface area contributed by atoms with Gasteiger partial charge in [-0.1, -0.05) is 303 Å². The summed E-state index contributed by atoms with van der Waals surface area (Å²) in [5.41, 5.74) is 23.9. The molecule has 4 heterocycles. The predicted octanol–water partition coefficient (Wildman–Crippen LogP) is 27.4. The SMILES string of the molecule is c1ccc(-c2nc3ccccc3n2-c2ccc(-c3cc4c(-c5ccc6ccccc6c5)cc(-c5ccc6ccccc6c5)nc4c4ccccc34)cc2)cc1.c1ccc(-n2c(-c3ccc(-c4cc5c(-c6ccc7ccccc7c6)cc(-c6ccc7ccccc7c6)nc5c5ccccc45)cc3)nc3ccccc32)cc1. The van der Waals surface area contributed by atoms with E-state index in [0.717, 1.165) is 122 Å². The van der Waals surface area contributed by atoms with Gasteiger partial charge in [0.2, 0.25) is 0 Å². The third-order valence-electron chi connectivity index (χ3n) is 21.9. The Balaban J connectivity index is 0.000000140. The summed E-state index contributed by atoms with van der Waals surface area (Å²) in [5, 5.41) is 16.6. The molecular weight excluding hydrogens is 1330 g/mol. The van der Waals surface area contributed by atoms with Crippen molar-refractivity contribution in [3.63, 3.8) is 0 Å². The quantitative estimate of drug-likeness (QED) is 0.128. The molecule has 0 saturated heterocycles. The zero-order chi connectivity index (χ0) is 72.6. The van der Waals surface area contributed by atoms with Crippen molar-refractivity contribution in [3.05, 3.63) is 400 Å². The highest BCUT2D eigenvalue weighted by atomic mass is 15.1. The van der Waals surface area contributed by atoms with Crippen LogP contribution in [0.25, 0.3) is 210 Å². The van der Waals surface area contributed by atoms with Crippen LogP contribution in [0.4, 0.5) is 0 Å². The van der Waals surface area contributed by atoms with E-state index in [1.807, 2.05) is 18.2 Å². The van der Waals surface area contributed by atoms with Crippen LogP contribution < -0.4 is 0 Å². The van der Waals surface area contributed by atoms with E-state index in [4.69, 9.17) is 19.9 Å². The van der Waals surface area contributed by atoms with Crippen molar-refractivity contribution in [3.8, 4) is 101 Å². The first-order valence-electron chi connectivity index (χ1n) is 37.5. The molecule has 0 saturated carbocycles. The van der Waals surface area contributed by atoms with Gasteiger partial charge in [-0.25, -0.2) is 19.9 Å². The summed E-state index contributed by atoms with van der Waals surface area (Å²) in [6.07, 6.45) is 0. The minimum Gasteiger partial charge on any atom is -0.292 e. The molecule has 512 valence electrons. The maximum atomic E-state index is 5.47. The lowest BCUT2D eigenvalue weighted by Crippen LogP contribution is -1.97. The fourth-order valence-electron chi connectivity index (χ4n) is 16.5. The van der Waals surface area contributed by atoms with Crippen LogP contribution in [0.3, 0.4) is 0 Å². The standard InChI is InChI=1S/2C52H33N3/c1-2-16-42(17-3-1)55-50-21-11-10-20-48(50)54-52(55)37-26-24-36(25-27-37)45-32-47-46(40-28-22-34-12-4-6-14-38(34)30-40)33-49(53-51(47)44-19-9-8-18-43(44)45)41-29-23-35-13-5-7-15-39(35)31-41;1-2-14-37(15-3-1)52-54-48-20-10-11-21-50(48)55(52)42-28-26-36(27-29-42)45-32-47-46(40-24-22-34-12-4-6-16-38(34)30-40)33-49(53-51(47)44-19-9-8-18-43(44)45)41-25-23-35-13-5-7-17-39(35)31-41/h2*1-33H. The van der Waals surface area contributed by atoms with Crippen LogP contribution in [0.15, 0.2) is 400 Å². The molecule has 6 nitrogen and oxygen atoms in total. The summed E-state index contributed by atoms with van der Waals surface area (Å²) in [6.45, 7) is 0. The topological polar surface area (TPSA) is 61.4 Å². The molecule has 0 radical (unpaired) electrons. The van der Waals surface area contributed by atoms with E-state index in [-0.39, 0.29) is 0 Å². The van der Waals surface area contributed by atoms with Crippen molar-refractivity contribution >= 4 is 109 Å². The highest BCUT2D eigenvalue weighted by molar-refractivity contribution is 6.18. The molecule has 0 unspecified atom stereocenters. The third kappa shape index (κ3) is 11.3. The molecule has 0 bridgehead atoms. The molecule has 22 rings (SSSR count). The molecule has 110 heavy (non-hydrogen) atoms. The largest absolute Gasteiger partial charge is 0.292 e. The first kappa shape index (κ1) is 63.7. The fraction of sp³-hybridized carbons (Fsp3) is 0. The Morgan fingerprint density at radius 2 is 0.473 bits per heavy atom. The summed E-state index contributed by atoms with van der Waals surface area (Å²) in [5.74, 6) is 1.85. The highest BCUT2D eigenvalue weighted by Gasteiger charge is 2.22. The van der Waals surface area contributed by atoms with Crippen LogP contribution in [0.5, 0.6) is 0 Å². The van der Waals surface area contributed by atoms with Gasteiger partial charge in [0, 0.05) is 55.2 Å². The van der Waals surface area contributed by atoms with Crippen LogP contribution in [0.2, 0.25) is 0 Å². The minimum absolute atomic E-state index is 0.923. The smallest absolute Gasteiger partial charge is 0.145 e. The number of imidazole rings is 2. The van der Waals surface area contributed by atoms with Gasteiger partial charge in [0.1, 0.15) is 11.6 Å². The van der Waals surface area contributed by atoms with Crippen molar-refractivity contribution in [1.29, 1.82) is 0 Å². The lowest BCUT2D eigenvalue weighted by atomic mass is 9.90. The van der Waals surface area contributed by atoms with Gasteiger partial charge >= 0.3 is 0 Å². The summed E-state index contributed by atoms with van der Waals surface area (Å²) < 4.78 is 4.52. The number of rotatable bonds is 10. The van der Waals surface area contributed by atoms with Gasteiger partial charge in [0.15, 0.2) is 0 Å². The van der Waals surface area contributed by atoms with E-state index >= 15 is 0 Å². The summed E-state index contributed by atoms with van der Waals surface area (Å²) in [7, 11) is 0.